The van der Waals surface area contributed by atoms with Crippen molar-refractivity contribution in [3.05, 3.63) is 59.0 Å². The lowest BCUT2D eigenvalue weighted by molar-refractivity contribution is 0.0955. The lowest BCUT2D eigenvalue weighted by Gasteiger charge is -2.08. The van der Waals surface area contributed by atoms with Crippen LogP contribution in [0.4, 0.5) is 0 Å². The van der Waals surface area contributed by atoms with E-state index in [0.717, 1.165) is 0 Å². The quantitative estimate of drug-likeness (QED) is 0.616. The van der Waals surface area contributed by atoms with Crippen molar-refractivity contribution in [2.24, 2.45) is 0 Å². The fourth-order valence-corrected chi connectivity index (χ4v) is 3.76. The molecule has 0 spiro atoms. The van der Waals surface area contributed by atoms with E-state index in [0.29, 0.717) is 21.9 Å². The van der Waals surface area contributed by atoms with Gasteiger partial charge in [-0.3, -0.25) is 4.79 Å². The smallest absolute Gasteiger partial charge is 0.257 e. The van der Waals surface area contributed by atoms with Crippen LogP contribution < -0.4 is 10.0 Å². The molecule has 0 aliphatic heterocycles. The van der Waals surface area contributed by atoms with Gasteiger partial charge in [0.2, 0.25) is 10.0 Å². The van der Waals surface area contributed by atoms with Crippen molar-refractivity contribution in [1.82, 2.24) is 24.6 Å². The molecule has 0 bridgehead atoms. The summed E-state index contributed by atoms with van der Waals surface area (Å²) in [7, 11) is -3.69. The van der Waals surface area contributed by atoms with E-state index in [1.54, 1.807) is 37.5 Å². The molecule has 10 heteroatoms. The van der Waals surface area contributed by atoms with Crippen molar-refractivity contribution >= 4 is 33.2 Å². The molecule has 2 aromatic heterocycles. The number of carbonyl (C=O) groups is 1. The topological polar surface area (TPSA) is 105 Å². The lowest BCUT2D eigenvalue weighted by atomic mass is 10.2. The highest BCUT2D eigenvalue weighted by Crippen LogP contribution is 2.15. The Morgan fingerprint density at radius 1 is 1.27 bits per heavy atom. The van der Waals surface area contributed by atoms with Crippen molar-refractivity contribution in [3.8, 4) is 0 Å². The number of aryl methyl sites for hydroxylation is 1. The predicted molar refractivity (Wildman–Crippen MR) is 96.7 cm³/mol. The number of rotatable bonds is 6. The van der Waals surface area contributed by atoms with E-state index in [1.165, 1.54) is 16.6 Å². The SMILES string of the molecule is Cc1nn2cccnc2c1C(=O)NCCNS(=O)(=O)c1cccc(Cl)c1. The van der Waals surface area contributed by atoms with Gasteiger partial charge in [0.15, 0.2) is 5.65 Å². The van der Waals surface area contributed by atoms with Gasteiger partial charge in [0.05, 0.1) is 10.6 Å². The number of benzene rings is 1. The highest BCUT2D eigenvalue weighted by Gasteiger charge is 2.18. The molecule has 0 aliphatic carbocycles. The Bertz CT molecular complexity index is 1060. The maximum atomic E-state index is 12.4. The summed E-state index contributed by atoms with van der Waals surface area (Å²) in [5.74, 6) is -0.363. The Hall–Kier alpha value is -2.49. The van der Waals surface area contributed by atoms with Gasteiger partial charge in [-0.05, 0) is 31.2 Å². The molecule has 0 saturated heterocycles. The Kier molecular flexibility index (Phi) is 5.21. The van der Waals surface area contributed by atoms with E-state index in [-0.39, 0.29) is 23.9 Å². The minimum atomic E-state index is -3.69. The van der Waals surface area contributed by atoms with Crippen molar-refractivity contribution in [2.45, 2.75) is 11.8 Å². The lowest BCUT2D eigenvalue weighted by Crippen LogP contribution is -2.35. The minimum Gasteiger partial charge on any atom is -0.351 e. The Balaban J connectivity index is 1.61. The molecular weight excluding hydrogens is 378 g/mol. The fraction of sp³-hybridized carbons (Fsp3) is 0.188. The molecule has 3 aromatic rings. The van der Waals surface area contributed by atoms with Crippen LogP contribution >= 0.6 is 11.6 Å². The third-order valence-corrected chi connectivity index (χ3v) is 5.30. The van der Waals surface area contributed by atoms with Crippen LogP contribution in [0.25, 0.3) is 5.65 Å². The average molecular weight is 394 g/mol. The van der Waals surface area contributed by atoms with Crippen LogP contribution in [0.2, 0.25) is 5.02 Å². The van der Waals surface area contributed by atoms with Gasteiger partial charge < -0.3 is 5.32 Å². The summed E-state index contributed by atoms with van der Waals surface area (Å²) < 4.78 is 28.3. The van der Waals surface area contributed by atoms with E-state index >= 15 is 0 Å². The largest absolute Gasteiger partial charge is 0.351 e. The standard InChI is InChI=1S/C16H16ClN5O3S/c1-11-14(15-18-6-3-9-22(15)21-11)16(23)19-7-8-20-26(24,25)13-5-2-4-12(17)10-13/h2-6,9-10,20H,7-8H2,1H3,(H,19,23). The third-order valence-electron chi connectivity index (χ3n) is 3.61. The summed E-state index contributed by atoms with van der Waals surface area (Å²) >= 11 is 5.81. The summed E-state index contributed by atoms with van der Waals surface area (Å²) in [5.41, 5.74) is 1.35. The van der Waals surface area contributed by atoms with Crippen molar-refractivity contribution in [1.29, 1.82) is 0 Å². The maximum Gasteiger partial charge on any atom is 0.257 e. The number of nitrogens with zero attached hydrogens (tertiary/aromatic N) is 3. The molecule has 0 fully saturated rings. The first-order valence-electron chi connectivity index (χ1n) is 7.72. The Morgan fingerprint density at radius 3 is 2.85 bits per heavy atom. The summed E-state index contributed by atoms with van der Waals surface area (Å²) in [6.07, 6.45) is 3.28. The summed E-state index contributed by atoms with van der Waals surface area (Å²) in [5, 5.41) is 7.22. The molecule has 3 rings (SSSR count). The monoisotopic (exact) mass is 393 g/mol. The number of amides is 1. The summed E-state index contributed by atoms with van der Waals surface area (Å²) in [6, 6.07) is 7.66. The number of hydrogen-bond donors (Lipinski definition) is 2. The molecule has 0 aliphatic rings. The number of hydrogen-bond acceptors (Lipinski definition) is 5. The molecule has 0 saturated carbocycles. The molecule has 136 valence electrons. The molecule has 0 atom stereocenters. The van der Waals surface area contributed by atoms with Gasteiger partial charge in [-0.25, -0.2) is 22.6 Å². The van der Waals surface area contributed by atoms with Gasteiger partial charge in [0, 0.05) is 30.5 Å². The van der Waals surface area contributed by atoms with Crippen LogP contribution in [0.1, 0.15) is 16.1 Å². The highest BCUT2D eigenvalue weighted by molar-refractivity contribution is 7.89. The van der Waals surface area contributed by atoms with Crippen molar-refractivity contribution in [3.63, 3.8) is 0 Å². The number of sulfonamides is 1. The van der Waals surface area contributed by atoms with Crippen LogP contribution in [0.5, 0.6) is 0 Å². The second-order valence-corrected chi connectivity index (χ2v) is 7.66. The van der Waals surface area contributed by atoms with Crippen molar-refractivity contribution < 1.29 is 13.2 Å². The Morgan fingerprint density at radius 2 is 2.08 bits per heavy atom. The summed E-state index contributed by atoms with van der Waals surface area (Å²) in [4.78, 5) is 16.6. The molecule has 2 heterocycles. The van der Waals surface area contributed by atoms with E-state index in [1.807, 2.05) is 0 Å². The number of fused-ring (bicyclic) bond motifs is 1. The fourth-order valence-electron chi connectivity index (χ4n) is 2.43. The van der Waals surface area contributed by atoms with Gasteiger partial charge in [0.1, 0.15) is 5.56 Å². The van der Waals surface area contributed by atoms with Gasteiger partial charge >= 0.3 is 0 Å². The molecule has 1 amide bonds. The third kappa shape index (κ3) is 3.85. The van der Waals surface area contributed by atoms with Crippen molar-refractivity contribution in [2.75, 3.05) is 13.1 Å². The van der Waals surface area contributed by atoms with Gasteiger partial charge in [-0.1, -0.05) is 17.7 Å². The van der Waals surface area contributed by atoms with E-state index in [2.05, 4.69) is 20.1 Å². The zero-order chi connectivity index (χ0) is 18.7. The van der Waals surface area contributed by atoms with Crippen LogP contribution in [-0.4, -0.2) is 42.0 Å². The van der Waals surface area contributed by atoms with Gasteiger partial charge in [-0.2, -0.15) is 5.10 Å². The zero-order valence-corrected chi connectivity index (χ0v) is 15.4. The number of aromatic nitrogens is 3. The van der Waals surface area contributed by atoms with Crippen LogP contribution in [0, 0.1) is 6.92 Å². The first kappa shape index (κ1) is 18.3. The molecule has 1 aromatic carbocycles. The molecule has 0 radical (unpaired) electrons. The minimum absolute atomic E-state index is 0.0340. The zero-order valence-electron chi connectivity index (χ0n) is 13.8. The number of halogens is 1. The number of carbonyl (C=O) groups excluding carboxylic acids is 1. The first-order valence-corrected chi connectivity index (χ1v) is 9.58. The van der Waals surface area contributed by atoms with Gasteiger partial charge in [-0.15, -0.1) is 0 Å². The van der Waals surface area contributed by atoms with Crippen LogP contribution in [0.15, 0.2) is 47.6 Å². The van der Waals surface area contributed by atoms with Crippen LogP contribution in [-0.2, 0) is 10.0 Å². The molecule has 26 heavy (non-hydrogen) atoms. The molecule has 8 nitrogen and oxygen atoms in total. The molecule has 0 unspecified atom stereocenters. The number of nitrogens with one attached hydrogen (secondary N) is 2. The van der Waals surface area contributed by atoms with E-state index in [9.17, 15) is 13.2 Å². The second-order valence-electron chi connectivity index (χ2n) is 5.46. The van der Waals surface area contributed by atoms with E-state index in [4.69, 9.17) is 11.6 Å². The molecular formula is C16H16ClN5O3S. The highest BCUT2D eigenvalue weighted by atomic mass is 35.5. The first-order chi connectivity index (χ1) is 12.4. The molecule has 2 N–H and O–H groups in total. The van der Waals surface area contributed by atoms with Gasteiger partial charge in [0.25, 0.3) is 5.91 Å². The van der Waals surface area contributed by atoms with Crippen LogP contribution in [0.3, 0.4) is 0 Å². The maximum absolute atomic E-state index is 12.4. The predicted octanol–water partition coefficient (Wildman–Crippen LogP) is 1.40. The normalized spacial score (nSPS) is 11.6. The second kappa shape index (κ2) is 7.40. The average Bonchev–Trinajstić information content (AvgIpc) is 2.94. The Labute approximate surface area is 155 Å². The summed E-state index contributed by atoms with van der Waals surface area (Å²) in [6.45, 7) is 1.86. The van der Waals surface area contributed by atoms with E-state index < -0.39 is 10.0 Å².